The molecule has 0 fully saturated rings. The summed E-state index contributed by atoms with van der Waals surface area (Å²) in [5.41, 5.74) is 3.86. The lowest BCUT2D eigenvalue weighted by atomic mass is 10.1. The van der Waals surface area contributed by atoms with Crippen molar-refractivity contribution in [1.29, 1.82) is 0 Å². The normalized spacial score (nSPS) is 10.1. The molecular weight excluding hydrogens is 288 g/mol. The van der Waals surface area contributed by atoms with E-state index in [-0.39, 0.29) is 6.03 Å². The van der Waals surface area contributed by atoms with Gasteiger partial charge in [-0.3, -0.25) is 9.97 Å². The van der Waals surface area contributed by atoms with E-state index in [2.05, 4.69) is 20.6 Å². The van der Waals surface area contributed by atoms with E-state index < -0.39 is 0 Å². The number of amides is 2. The second-order valence-electron chi connectivity index (χ2n) is 4.99. The van der Waals surface area contributed by atoms with Crippen LogP contribution in [0.2, 0.25) is 0 Å². The van der Waals surface area contributed by atoms with Crippen LogP contribution in [0, 0.1) is 0 Å². The van der Waals surface area contributed by atoms with Gasteiger partial charge in [0, 0.05) is 25.1 Å². The minimum atomic E-state index is -0.255. The Hall–Kier alpha value is -3.21. The Bertz CT molecular complexity index is 758. The van der Waals surface area contributed by atoms with Crippen LogP contribution >= 0.6 is 0 Å². The molecule has 2 N–H and O–H groups in total. The van der Waals surface area contributed by atoms with Gasteiger partial charge >= 0.3 is 6.03 Å². The molecule has 23 heavy (non-hydrogen) atoms. The van der Waals surface area contributed by atoms with Crippen molar-refractivity contribution in [3.63, 3.8) is 0 Å². The molecule has 0 radical (unpaired) electrons. The van der Waals surface area contributed by atoms with Crippen LogP contribution in [0.4, 0.5) is 10.5 Å². The zero-order valence-corrected chi connectivity index (χ0v) is 12.4. The molecule has 2 amide bonds. The standard InChI is InChI=1S/C18H16N4O/c23-18(22-17-4-2-10-20-13-17)21-11-14-5-7-15(8-6-14)16-3-1-9-19-12-16/h1-10,12-13H,11H2,(H2,21,22,23). The molecule has 0 atom stereocenters. The number of benzene rings is 1. The summed E-state index contributed by atoms with van der Waals surface area (Å²) in [5, 5.41) is 5.55. The number of hydrogen-bond donors (Lipinski definition) is 2. The van der Waals surface area contributed by atoms with Crippen molar-refractivity contribution in [2.75, 3.05) is 5.32 Å². The van der Waals surface area contributed by atoms with Gasteiger partial charge in [-0.05, 0) is 34.9 Å². The summed E-state index contributed by atoms with van der Waals surface area (Å²) in [4.78, 5) is 19.9. The maximum Gasteiger partial charge on any atom is 0.319 e. The van der Waals surface area contributed by atoms with E-state index in [0.717, 1.165) is 16.7 Å². The number of pyridine rings is 2. The molecule has 2 aromatic heterocycles. The third-order valence-electron chi connectivity index (χ3n) is 3.32. The molecule has 3 rings (SSSR count). The van der Waals surface area contributed by atoms with Gasteiger partial charge in [0.25, 0.3) is 0 Å². The molecule has 2 heterocycles. The maximum atomic E-state index is 11.8. The molecule has 114 valence electrons. The lowest BCUT2D eigenvalue weighted by molar-refractivity contribution is 0.251. The SMILES string of the molecule is O=C(NCc1ccc(-c2cccnc2)cc1)Nc1cccnc1. The average molecular weight is 304 g/mol. The first kappa shape index (κ1) is 14.7. The summed E-state index contributed by atoms with van der Waals surface area (Å²) in [6, 6.07) is 15.3. The number of aromatic nitrogens is 2. The van der Waals surface area contributed by atoms with Gasteiger partial charge in [0.2, 0.25) is 0 Å². The monoisotopic (exact) mass is 304 g/mol. The van der Waals surface area contributed by atoms with E-state index in [9.17, 15) is 4.79 Å². The highest BCUT2D eigenvalue weighted by molar-refractivity contribution is 5.88. The number of carbonyl (C=O) groups excluding carboxylic acids is 1. The molecule has 0 saturated carbocycles. The molecule has 0 bridgehead atoms. The summed E-state index contributed by atoms with van der Waals surface area (Å²) in [7, 11) is 0. The second kappa shape index (κ2) is 7.17. The molecular formula is C18H16N4O. The van der Waals surface area contributed by atoms with Crippen LogP contribution in [0.15, 0.2) is 73.3 Å². The molecule has 0 aliphatic heterocycles. The van der Waals surface area contributed by atoms with Crippen LogP contribution < -0.4 is 10.6 Å². The Balaban J connectivity index is 1.55. The Kier molecular flexibility index (Phi) is 4.59. The molecule has 5 nitrogen and oxygen atoms in total. The third kappa shape index (κ3) is 4.14. The Morgan fingerprint density at radius 3 is 2.26 bits per heavy atom. The first-order valence-electron chi connectivity index (χ1n) is 7.25. The second-order valence-corrected chi connectivity index (χ2v) is 4.99. The van der Waals surface area contributed by atoms with Crippen molar-refractivity contribution in [1.82, 2.24) is 15.3 Å². The van der Waals surface area contributed by atoms with Crippen LogP contribution in [0.5, 0.6) is 0 Å². The van der Waals surface area contributed by atoms with Crippen molar-refractivity contribution in [3.05, 3.63) is 78.9 Å². The average Bonchev–Trinajstić information content (AvgIpc) is 2.62. The van der Waals surface area contributed by atoms with Crippen LogP contribution in [0.1, 0.15) is 5.56 Å². The topological polar surface area (TPSA) is 66.9 Å². The first-order chi connectivity index (χ1) is 11.3. The summed E-state index contributed by atoms with van der Waals surface area (Å²) in [6.07, 6.45) is 6.84. The minimum absolute atomic E-state index is 0.255. The predicted octanol–water partition coefficient (Wildman–Crippen LogP) is 3.47. The number of nitrogens with one attached hydrogen (secondary N) is 2. The van der Waals surface area contributed by atoms with Crippen LogP contribution in [-0.4, -0.2) is 16.0 Å². The molecule has 0 unspecified atom stereocenters. The van der Waals surface area contributed by atoms with E-state index >= 15 is 0 Å². The number of carbonyl (C=O) groups is 1. The van der Waals surface area contributed by atoms with Crippen molar-refractivity contribution in [2.45, 2.75) is 6.54 Å². The summed E-state index contributed by atoms with van der Waals surface area (Å²) >= 11 is 0. The zero-order valence-electron chi connectivity index (χ0n) is 12.4. The number of hydrogen-bond acceptors (Lipinski definition) is 3. The first-order valence-corrected chi connectivity index (χ1v) is 7.25. The van der Waals surface area contributed by atoms with Crippen molar-refractivity contribution in [2.24, 2.45) is 0 Å². The van der Waals surface area contributed by atoms with Gasteiger partial charge in [-0.15, -0.1) is 0 Å². The van der Waals surface area contributed by atoms with Crippen LogP contribution in [-0.2, 0) is 6.54 Å². The van der Waals surface area contributed by atoms with E-state index in [0.29, 0.717) is 12.2 Å². The highest BCUT2D eigenvalue weighted by atomic mass is 16.2. The Morgan fingerprint density at radius 1 is 0.870 bits per heavy atom. The van der Waals surface area contributed by atoms with E-state index in [4.69, 9.17) is 0 Å². The smallest absolute Gasteiger partial charge is 0.319 e. The van der Waals surface area contributed by atoms with Crippen molar-refractivity contribution >= 4 is 11.7 Å². The fourth-order valence-corrected chi connectivity index (χ4v) is 2.14. The lowest BCUT2D eigenvalue weighted by Gasteiger charge is -2.08. The number of anilines is 1. The highest BCUT2D eigenvalue weighted by Gasteiger charge is 2.02. The summed E-state index contributed by atoms with van der Waals surface area (Å²) in [6.45, 7) is 0.458. The highest BCUT2D eigenvalue weighted by Crippen LogP contribution is 2.18. The summed E-state index contributed by atoms with van der Waals surface area (Å²) < 4.78 is 0. The van der Waals surface area contributed by atoms with E-state index in [1.807, 2.05) is 42.6 Å². The maximum absolute atomic E-state index is 11.8. The van der Waals surface area contributed by atoms with Crippen LogP contribution in [0.25, 0.3) is 11.1 Å². The zero-order chi connectivity index (χ0) is 15.9. The van der Waals surface area contributed by atoms with Crippen molar-refractivity contribution < 1.29 is 4.79 Å². The minimum Gasteiger partial charge on any atom is -0.334 e. The van der Waals surface area contributed by atoms with Crippen molar-refractivity contribution in [3.8, 4) is 11.1 Å². The van der Waals surface area contributed by atoms with Gasteiger partial charge < -0.3 is 10.6 Å². The third-order valence-corrected chi connectivity index (χ3v) is 3.32. The quantitative estimate of drug-likeness (QED) is 0.775. The number of rotatable bonds is 4. The Labute approximate surface area is 134 Å². The summed E-state index contributed by atoms with van der Waals surface area (Å²) in [5.74, 6) is 0. The molecule has 1 aromatic carbocycles. The van der Waals surface area contributed by atoms with Gasteiger partial charge in [0.05, 0.1) is 11.9 Å². The molecule has 0 aliphatic carbocycles. The van der Waals surface area contributed by atoms with E-state index in [1.165, 1.54) is 0 Å². The molecule has 0 spiro atoms. The number of nitrogens with zero attached hydrogens (tertiary/aromatic N) is 2. The molecule has 0 saturated heterocycles. The molecule has 5 heteroatoms. The van der Waals surface area contributed by atoms with E-state index in [1.54, 1.807) is 30.7 Å². The largest absolute Gasteiger partial charge is 0.334 e. The van der Waals surface area contributed by atoms with Gasteiger partial charge in [0.15, 0.2) is 0 Å². The lowest BCUT2D eigenvalue weighted by Crippen LogP contribution is -2.28. The molecule has 0 aliphatic rings. The number of urea groups is 1. The Morgan fingerprint density at radius 2 is 1.61 bits per heavy atom. The van der Waals surface area contributed by atoms with Gasteiger partial charge in [-0.1, -0.05) is 30.3 Å². The predicted molar refractivity (Wildman–Crippen MR) is 89.8 cm³/mol. The van der Waals surface area contributed by atoms with Crippen LogP contribution in [0.3, 0.4) is 0 Å². The van der Waals surface area contributed by atoms with Gasteiger partial charge in [0.1, 0.15) is 0 Å². The fraction of sp³-hybridized carbons (Fsp3) is 0.0556. The van der Waals surface area contributed by atoms with Gasteiger partial charge in [-0.2, -0.15) is 0 Å². The fourth-order valence-electron chi connectivity index (χ4n) is 2.14. The van der Waals surface area contributed by atoms with Gasteiger partial charge in [-0.25, -0.2) is 4.79 Å². The molecule has 3 aromatic rings.